The predicted molar refractivity (Wildman–Crippen MR) is 90.8 cm³/mol. The SMILES string of the molecule is CC(C)c1ccc(C(=O)Nc2cccc(C(N)=S)c2)cc1. The number of hydrogen-bond donors (Lipinski definition) is 2. The van der Waals surface area contributed by atoms with Gasteiger partial charge in [-0.25, -0.2) is 0 Å². The summed E-state index contributed by atoms with van der Waals surface area (Å²) < 4.78 is 0. The van der Waals surface area contributed by atoms with Gasteiger partial charge in [0.2, 0.25) is 0 Å². The molecule has 0 saturated carbocycles. The third-order valence-corrected chi connectivity index (χ3v) is 3.48. The molecule has 3 nitrogen and oxygen atoms in total. The van der Waals surface area contributed by atoms with Crippen molar-refractivity contribution < 1.29 is 4.79 Å². The lowest BCUT2D eigenvalue weighted by molar-refractivity contribution is 0.102. The first-order valence-electron chi connectivity index (χ1n) is 6.78. The molecule has 0 unspecified atom stereocenters. The molecule has 0 aliphatic heterocycles. The topological polar surface area (TPSA) is 55.1 Å². The summed E-state index contributed by atoms with van der Waals surface area (Å²) in [6.45, 7) is 4.24. The summed E-state index contributed by atoms with van der Waals surface area (Å²) in [5, 5.41) is 2.85. The van der Waals surface area contributed by atoms with Crippen LogP contribution >= 0.6 is 12.2 Å². The molecule has 1 amide bonds. The van der Waals surface area contributed by atoms with Gasteiger partial charge in [0.05, 0.1) is 0 Å². The van der Waals surface area contributed by atoms with Crippen LogP contribution in [0.3, 0.4) is 0 Å². The minimum Gasteiger partial charge on any atom is -0.389 e. The van der Waals surface area contributed by atoms with E-state index >= 15 is 0 Å². The molecule has 0 heterocycles. The Labute approximate surface area is 130 Å². The van der Waals surface area contributed by atoms with Crippen LogP contribution in [0.5, 0.6) is 0 Å². The minimum atomic E-state index is -0.148. The summed E-state index contributed by atoms with van der Waals surface area (Å²) in [5.41, 5.74) is 8.84. The zero-order valence-electron chi connectivity index (χ0n) is 12.1. The van der Waals surface area contributed by atoms with Gasteiger partial charge in [-0.2, -0.15) is 0 Å². The summed E-state index contributed by atoms with van der Waals surface area (Å²) in [7, 11) is 0. The molecule has 0 aliphatic rings. The van der Waals surface area contributed by atoms with E-state index in [0.717, 1.165) is 5.56 Å². The lowest BCUT2D eigenvalue weighted by Crippen LogP contribution is -2.14. The molecule has 0 aliphatic carbocycles. The maximum atomic E-state index is 12.2. The van der Waals surface area contributed by atoms with Gasteiger partial charge in [0, 0.05) is 16.8 Å². The minimum absolute atomic E-state index is 0.148. The Kier molecular flexibility index (Phi) is 4.70. The number of amides is 1. The number of thiocarbonyl (C=S) groups is 1. The van der Waals surface area contributed by atoms with Crippen LogP contribution in [0.4, 0.5) is 5.69 Å². The van der Waals surface area contributed by atoms with E-state index < -0.39 is 0 Å². The number of rotatable bonds is 4. The summed E-state index contributed by atoms with van der Waals surface area (Å²) in [5.74, 6) is 0.301. The van der Waals surface area contributed by atoms with E-state index in [1.807, 2.05) is 42.5 Å². The molecule has 108 valence electrons. The van der Waals surface area contributed by atoms with Crippen LogP contribution in [0.15, 0.2) is 48.5 Å². The van der Waals surface area contributed by atoms with Crippen molar-refractivity contribution >= 4 is 28.8 Å². The van der Waals surface area contributed by atoms with Crippen molar-refractivity contribution in [2.75, 3.05) is 5.32 Å². The number of benzene rings is 2. The Balaban J connectivity index is 2.14. The monoisotopic (exact) mass is 298 g/mol. The molecule has 0 saturated heterocycles. The highest BCUT2D eigenvalue weighted by atomic mass is 32.1. The fourth-order valence-electron chi connectivity index (χ4n) is 1.97. The summed E-state index contributed by atoms with van der Waals surface area (Å²) in [6, 6.07) is 14.8. The zero-order chi connectivity index (χ0) is 15.4. The average molecular weight is 298 g/mol. The van der Waals surface area contributed by atoms with E-state index in [1.165, 1.54) is 5.56 Å². The normalized spacial score (nSPS) is 10.4. The van der Waals surface area contributed by atoms with Crippen LogP contribution in [0.1, 0.15) is 41.3 Å². The van der Waals surface area contributed by atoms with Crippen molar-refractivity contribution in [2.24, 2.45) is 5.73 Å². The number of nitrogens with two attached hydrogens (primary N) is 1. The lowest BCUT2D eigenvalue weighted by Gasteiger charge is -2.09. The summed E-state index contributed by atoms with van der Waals surface area (Å²) in [6.07, 6.45) is 0. The van der Waals surface area contributed by atoms with Gasteiger partial charge >= 0.3 is 0 Å². The molecule has 0 spiro atoms. The smallest absolute Gasteiger partial charge is 0.255 e. The molecule has 4 heteroatoms. The zero-order valence-corrected chi connectivity index (χ0v) is 12.9. The van der Waals surface area contributed by atoms with Crippen molar-refractivity contribution in [1.82, 2.24) is 0 Å². The van der Waals surface area contributed by atoms with E-state index in [2.05, 4.69) is 19.2 Å². The molecule has 0 radical (unpaired) electrons. The molecule has 0 fully saturated rings. The van der Waals surface area contributed by atoms with Gasteiger partial charge in [0.25, 0.3) is 5.91 Å². The quantitative estimate of drug-likeness (QED) is 0.846. The Morgan fingerprint density at radius 3 is 2.33 bits per heavy atom. The number of carbonyl (C=O) groups is 1. The Morgan fingerprint density at radius 2 is 1.76 bits per heavy atom. The molecule has 2 rings (SSSR count). The van der Waals surface area contributed by atoms with Crippen molar-refractivity contribution in [3.05, 3.63) is 65.2 Å². The fraction of sp³-hybridized carbons (Fsp3) is 0.176. The standard InChI is InChI=1S/C17H18N2OS/c1-11(2)12-6-8-13(9-7-12)17(20)19-15-5-3-4-14(10-15)16(18)21/h3-11H,1-2H3,(H2,18,21)(H,19,20). The van der Waals surface area contributed by atoms with Gasteiger partial charge in [0.1, 0.15) is 4.99 Å². The molecule has 0 aromatic heterocycles. The number of carbonyl (C=O) groups excluding carboxylic acids is 1. The van der Waals surface area contributed by atoms with Crippen LogP contribution in [-0.4, -0.2) is 10.9 Å². The van der Waals surface area contributed by atoms with Crippen molar-refractivity contribution in [3.8, 4) is 0 Å². The maximum Gasteiger partial charge on any atom is 0.255 e. The van der Waals surface area contributed by atoms with Gasteiger partial charge < -0.3 is 11.1 Å². The number of hydrogen-bond acceptors (Lipinski definition) is 2. The van der Waals surface area contributed by atoms with Crippen LogP contribution < -0.4 is 11.1 Å². The second-order valence-corrected chi connectivity index (χ2v) is 5.62. The van der Waals surface area contributed by atoms with Crippen LogP contribution in [0, 0.1) is 0 Å². The van der Waals surface area contributed by atoms with Gasteiger partial charge in [0.15, 0.2) is 0 Å². The second-order valence-electron chi connectivity index (χ2n) is 5.18. The van der Waals surface area contributed by atoms with Gasteiger partial charge in [-0.05, 0) is 35.7 Å². The number of nitrogens with one attached hydrogen (secondary N) is 1. The summed E-state index contributed by atoms with van der Waals surface area (Å²) in [4.78, 5) is 12.5. The molecule has 2 aromatic carbocycles. The molecule has 21 heavy (non-hydrogen) atoms. The first-order chi connectivity index (χ1) is 9.97. The summed E-state index contributed by atoms with van der Waals surface area (Å²) >= 11 is 4.93. The van der Waals surface area contributed by atoms with Crippen molar-refractivity contribution in [1.29, 1.82) is 0 Å². The lowest BCUT2D eigenvalue weighted by atomic mass is 10.0. The largest absolute Gasteiger partial charge is 0.389 e. The highest BCUT2D eigenvalue weighted by Crippen LogP contribution is 2.16. The maximum absolute atomic E-state index is 12.2. The Bertz CT molecular complexity index is 663. The van der Waals surface area contributed by atoms with E-state index in [1.54, 1.807) is 6.07 Å². The molecule has 0 bridgehead atoms. The molecule has 2 aromatic rings. The van der Waals surface area contributed by atoms with Crippen LogP contribution in [0.2, 0.25) is 0 Å². The van der Waals surface area contributed by atoms with Crippen molar-refractivity contribution in [3.63, 3.8) is 0 Å². The molecular formula is C17H18N2OS. The number of anilines is 1. The van der Waals surface area contributed by atoms with Gasteiger partial charge in [-0.1, -0.05) is 50.3 Å². The Morgan fingerprint density at radius 1 is 1.10 bits per heavy atom. The van der Waals surface area contributed by atoms with Crippen LogP contribution in [-0.2, 0) is 0 Å². The van der Waals surface area contributed by atoms with E-state index in [9.17, 15) is 4.79 Å². The van der Waals surface area contributed by atoms with Gasteiger partial charge in [-0.15, -0.1) is 0 Å². The van der Waals surface area contributed by atoms with Crippen LogP contribution in [0.25, 0.3) is 0 Å². The highest BCUT2D eigenvalue weighted by Gasteiger charge is 2.07. The first-order valence-corrected chi connectivity index (χ1v) is 7.19. The van der Waals surface area contributed by atoms with E-state index in [4.69, 9.17) is 18.0 Å². The molecule has 3 N–H and O–H groups in total. The average Bonchev–Trinajstić information content (AvgIpc) is 2.47. The molecular weight excluding hydrogens is 280 g/mol. The fourth-order valence-corrected chi connectivity index (χ4v) is 2.10. The van der Waals surface area contributed by atoms with Crippen molar-refractivity contribution in [2.45, 2.75) is 19.8 Å². The Hall–Kier alpha value is -2.20. The van der Waals surface area contributed by atoms with E-state index in [0.29, 0.717) is 22.2 Å². The molecule has 0 atom stereocenters. The predicted octanol–water partition coefficient (Wildman–Crippen LogP) is 3.70. The highest BCUT2D eigenvalue weighted by molar-refractivity contribution is 7.80. The second kappa shape index (κ2) is 6.50. The van der Waals surface area contributed by atoms with Gasteiger partial charge in [-0.3, -0.25) is 4.79 Å². The third-order valence-electron chi connectivity index (χ3n) is 3.24. The third kappa shape index (κ3) is 3.89. The first kappa shape index (κ1) is 15.2. The van der Waals surface area contributed by atoms with E-state index in [-0.39, 0.29) is 5.91 Å².